The van der Waals surface area contributed by atoms with Crippen LogP contribution in [0.25, 0.3) is 0 Å². The fraction of sp³-hybridized carbons (Fsp3) is 0.250. The van der Waals surface area contributed by atoms with Gasteiger partial charge in [0.05, 0.1) is 11.6 Å². The summed E-state index contributed by atoms with van der Waals surface area (Å²) in [6.45, 7) is 0. The van der Waals surface area contributed by atoms with E-state index in [2.05, 4.69) is 15.9 Å². The number of hydrogen-bond acceptors (Lipinski definition) is 2. The molecule has 0 spiro atoms. The van der Waals surface area contributed by atoms with Crippen LogP contribution in [0.15, 0.2) is 46.9 Å². The van der Waals surface area contributed by atoms with Crippen molar-refractivity contribution in [3.05, 3.63) is 63.9 Å². The number of hydrogen-bond donors (Lipinski definition) is 1. The van der Waals surface area contributed by atoms with E-state index in [0.717, 1.165) is 24.2 Å². The Morgan fingerprint density at radius 2 is 1.90 bits per heavy atom. The number of aryl methyl sites for hydroxylation is 1. The van der Waals surface area contributed by atoms with Gasteiger partial charge in [-0.15, -0.1) is 0 Å². The fourth-order valence-electron chi connectivity index (χ4n) is 2.08. The van der Waals surface area contributed by atoms with Crippen molar-refractivity contribution >= 4 is 15.9 Å². The van der Waals surface area contributed by atoms with Gasteiger partial charge in [-0.1, -0.05) is 24.3 Å². The van der Waals surface area contributed by atoms with Gasteiger partial charge in [0.1, 0.15) is 11.6 Å². The summed E-state index contributed by atoms with van der Waals surface area (Å²) >= 11 is 3.25. The van der Waals surface area contributed by atoms with Crippen LogP contribution in [0.5, 0.6) is 5.75 Å². The zero-order chi connectivity index (χ0) is 14.5. The third-order valence-electron chi connectivity index (χ3n) is 3.28. The number of benzene rings is 2. The number of rotatable bonds is 5. The van der Waals surface area contributed by atoms with Crippen LogP contribution >= 0.6 is 15.9 Å². The van der Waals surface area contributed by atoms with Crippen LogP contribution in [-0.4, -0.2) is 7.11 Å². The van der Waals surface area contributed by atoms with Crippen molar-refractivity contribution < 1.29 is 9.13 Å². The number of ether oxygens (including phenoxy) is 1. The molecule has 2 aromatic carbocycles. The molecule has 0 aliphatic rings. The Hall–Kier alpha value is -1.39. The third-order valence-corrected chi connectivity index (χ3v) is 4.12. The average molecular weight is 338 g/mol. The summed E-state index contributed by atoms with van der Waals surface area (Å²) in [6, 6.07) is 12.7. The molecule has 0 fully saturated rings. The van der Waals surface area contributed by atoms with Crippen LogP contribution < -0.4 is 10.5 Å². The summed E-state index contributed by atoms with van der Waals surface area (Å²) < 4.78 is 19.1. The molecule has 1 atom stereocenters. The van der Waals surface area contributed by atoms with Crippen LogP contribution in [0.2, 0.25) is 0 Å². The quantitative estimate of drug-likeness (QED) is 0.886. The molecule has 2 rings (SSSR count). The number of nitrogens with two attached hydrogens (primary N) is 1. The lowest BCUT2D eigenvalue weighted by atomic mass is 9.99. The predicted octanol–water partition coefficient (Wildman–Crippen LogP) is 4.23. The molecule has 0 saturated heterocycles. The highest BCUT2D eigenvalue weighted by Gasteiger charge is 2.12. The molecule has 0 saturated carbocycles. The van der Waals surface area contributed by atoms with Crippen LogP contribution in [0.3, 0.4) is 0 Å². The van der Waals surface area contributed by atoms with Crippen LogP contribution in [0.1, 0.15) is 23.6 Å². The lowest BCUT2D eigenvalue weighted by Crippen LogP contribution is -2.12. The molecule has 0 radical (unpaired) electrons. The largest absolute Gasteiger partial charge is 0.497 e. The Morgan fingerprint density at radius 1 is 1.20 bits per heavy atom. The summed E-state index contributed by atoms with van der Waals surface area (Å²) in [4.78, 5) is 0. The summed E-state index contributed by atoms with van der Waals surface area (Å²) in [5.41, 5.74) is 8.14. The summed E-state index contributed by atoms with van der Waals surface area (Å²) in [7, 11) is 1.65. The highest BCUT2D eigenvalue weighted by atomic mass is 79.9. The zero-order valence-electron chi connectivity index (χ0n) is 11.3. The van der Waals surface area contributed by atoms with Crippen molar-refractivity contribution in [3.8, 4) is 5.75 Å². The highest BCUT2D eigenvalue weighted by Crippen LogP contribution is 2.27. The van der Waals surface area contributed by atoms with Crippen molar-refractivity contribution in [1.82, 2.24) is 0 Å². The van der Waals surface area contributed by atoms with Gasteiger partial charge < -0.3 is 10.5 Å². The van der Waals surface area contributed by atoms with Gasteiger partial charge in [-0.25, -0.2) is 4.39 Å². The Labute approximate surface area is 126 Å². The maximum absolute atomic E-state index is 13.5. The topological polar surface area (TPSA) is 35.2 Å². The van der Waals surface area contributed by atoms with Gasteiger partial charge in [-0.05, 0) is 58.1 Å². The molecular weight excluding hydrogens is 321 g/mol. The minimum atomic E-state index is -0.276. The first kappa shape index (κ1) is 15.0. The molecular formula is C16H17BrFNO. The van der Waals surface area contributed by atoms with Crippen LogP contribution in [0, 0.1) is 5.82 Å². The van der Waals surface area contributed by atoms with Crippen molar-refractivity contribution in [2.75, 3.05) is 7.11 Å². The van der Waals surface area contributed by atoms with Gasteiger partial charge in [-0.2, -0.15) is 0 Å². The van der Waals surface area contributed by atoms with Gasteiger partial charge in [0.25, 0.3) is 0 Å². The first-order chi connectivity index (χ1) is 9.61. The second kappa shape index (κ2) is 6.86. The standard InChI is InChI=1S/C16H17BrFNO/c1-20-12-8-5-11(6-9-12)7-10-15(19)13-3-2-4-14(18)16(13)17/h2-6,8-9,15H,7,10,19H2,1H3. The van der Waals surface area contributed by atoms with E-state index in [1.807, 2.05) is 30.3 Å². The van der Waals surface area contributed by atoms with Gasteiger partial charge in [-0.3, -0.25) is 0 Å². The van der Waals surface area contributed by atoms with E-state index >= 15 is 0 Å². The second-order valence-electron chi connectivity index (χ2n) is 4.64. The molecule has 0 aliphatic carbocycles. The predicted molar refractivity (Wildman–Crippen MR) is 82.3 cm³/mol. The van der Waals surface area contributed by atoms with Crippen molar-refractivity contribution in [2.45, 2.75) is 18.9 Å². The first-order valence-corrected chi connectivity index (χ1v) is 7.23. The van der Waals surface area contributed by atoms with E-state index in [1.165, 1.54) is 11.6 Å². The Bertz CT molecular complexity index is 571. The van der Waals surface area contributed by atoms with Gasteiger partial charge >= 0.3 is 0 Å². The highest BCUT2D eigenvalue weighted by molar-refractivity contribution is 9.10. The normalized spacial score (nSPS) is 12.2. The van der Waals surface area contributed by atoms with Gasteiger partial charge in [0.15, 0.2) is 0 Å². The van der Waals surface area contributed by atoms with E-state index in [9.17, 15) is 4.39 Å². The van der Waals surface area contributed by atoms with Crippen molar-refractivity contribution in [2.24, 2.45) is 5.73 Å². The summed E-state index contributed by atoms with van der Waals surface area (Å²) in [5.74, 6) is 0.563. The van der Waals surface area contributed by atoms with Gasteiger partial charge in [0, 0.05) is 6.04 Å². The van der Waals surface area contributed by atoms with Crippen molar-refractivity contribution in [1.29, 1.82) is 0 Å². The molecule has 1 unspecified atom stereocenters. The fourth-order valence-corrected chi connectivity index (χ4v) is 2.64. The molecule has 0 bridgehead atoms. The van der Waals surface area contributed by atoms with E-state index in [4.69, 9.17) is 10.5 Å². The number of halogens is 2. The van der Waals surface area contributed by atoms with Crippen molar-refractivity contribution in [3.63, 3.8) is 0 Å². The summed E-state index contributed by atoms with van der Waals surface area (Å²) in [6.07, 6.45) is 1.60. The maximum atomic E-state index is 13.5. The Morgan fingerprint density at radius 3 is 2.55 bits per heavy atom. The molecule has 20 heavy (non-hydrogen) atoms. The van der Waals surface area contributed by atoms with E-state index in [0.29, 0.717) is 4.47 Å². The first-order valence-electron chi connectivity index (χ1n) is 6.44. The van der Waals surface area contributed by atoms with Crippen LogP contribution in [-0.2, 0) is 6.42 Å². The Kier molecular flexibility index (Phi) is 5.15. The van der Waals surface area contributed by atoms with Gasteiger partial charge in [0.2, 0.25) is 0 Å². The van der Waals surface area contributed by atoms with E-state index in [-0.39, 0.29) is 11.9 Å². The minimum absolute atomic E-state index is 0.192. The molecule has 0 amide bonds. The molecule has 2 N–H and O–H groups in total. The SMILES string of the molecule is COc1ccc(CCC(N)c2cccc(F)c2Br)cc1. The lowest BCUT2D eigenvalue weighted by molar-refractivity contribution is 0.414. The smallest absolute Gasteiger partial charge is 0.137 e. The molecule has 0 aromatic heterocycles. The van der Waals surface area contributed by atoms with Crippen LogP contribution in [0.4, 0.5) is 4.39 Å². The van der Waals surface area contributed by atoms with E-state index in [1.54, 1.807) is 13.2 Å². The number of methoxy groups -OCH3 is 1. The Balaban J connectivity index is 2.00. The monoisotopic (exact) mass is 337 g/mol. The second-order valence-corrected chi connectivity index (χ2v) is 5.43. The van der Waals surface area contributed by atoms with E-state index < -0.39 is 0 Å². The molecule has 2 aromatic rings. The molecule has 106 valence electrons. The molecule has 2 nitrogen and oxygen atoms in total. The minimum Gasteiger partial charge on any atom is -0.497 e. The molecule has 4 heteroatoms. The zero-order valence-corrected chi connectivity index (χ0v) is 12.9. The molecule has 0 heterocycles. The molecule has 0 aliphatic heterocycles. The average Bonchev–Trinajstić information content (AvgIpc) is 2.48. The maximum Gasteiger partial charge on any atom is 0.137 e. The summed E-state index contributed by atoms with van der Waals surface area (Å²) in [5, 5.41) is 0. The third kappa shape index (κ3) is 3.58. The lowest BCUT2D eigenvalue weighted by Gasteiger charge is -2.14.